The maximum Gasteiger partial charge on any atom is 0.244 e. The van der Waals surface area contributed by atoms with Gasteiger partial charge in [-0.15, -0.1) is 11.8 Å². The number of amides is 3. The highest BCUT2D eigenvalue weighted by molar-refractivity contribution is 8.02. The monoisotopic (exact) mass is 411 g/mol. The van der Waals surface area contributed by atoms with Gasteiger partial charge < -0.3 is 20.6 Å². The summed E-state index contributed by atoms with van der Waals surface area (Å²) in [5.74, 6) is -1.22. The summed E-state index contributed by atoms with van der Waals surface area (Å²) < 4.78 is -0.880. The fraction of sp³-hybridized carbons (Fsp3) is 0.850. The largest absolute Gasteiger partial charge is 0.396 e. The molecule has 8 heteroatoms. The highest BCUT2D eigenvalue weighted by Crippen LogP contribution is 2.71. The van der Waals surface area contributed by atoms with Gasteiger partial charge in [-0.2, -0.15) is 0 Å². The zero-order valence-corrected chi connectivity index (χ0v) is 18.3. The highest BCUT2D eigenvalue weighted by atomic mass is 32.2. The van der Waals surface area contributed by atoms with Crippen molar-refractivity contribution in [2.24, 2.45) is 11.8 Å². The van der Waals surface area contributed by atoms with Crippen LogP contribution >= 0.6 is 11.8 Å². The summed E-state index contributed by atoms with van der Waals surface area (Å²) in [6.45, 7) is 8.34. The van der Waals surface area contributed by atoms with Gasteiger partial charge >= 0.3 is 0 Å². The molecule has 0 aromatic carbocycles. The summed E-state index contributed by atoms with van der Waals surface area (Å²) in [5, 5.41) is 14.9. The highest BCUT2D eigenvalue weighted by Gasteiger charge is 2.76. The maximum absolute atomic E-state index is 13.5. The number of aliphatic hydroxyl groups is 1. The number of fused-ring (bicyclic) bond motifs is 1. The fourth-order valence-corrected chi connectivity index (χ4v) is 7.71. The number of carbonyl (C=O) groups is 3. The third kappa shape index (κ3) is 3.22. The van der Waals surface area contributed by atoms with E-state index in [1.807, 2.05) is 20.8 Å². The second kappa shape index (κ2) is 7.20. The van der Waals surface area contributed by atoms with Crippen LogP contribution in [0.4, 0.5) is 0 Å². The molecule has 3 heterocycles. The number of carbonyl (C=O) groups excluding carboxylic acids is 3. The lowest BCUT2D eigenvalue weighted by Gasteiger charge is -2.36. The molecule has 28 heavy (non-hydrogen) atoms. The predicted molar refractivity (Wildman–Crippen MR) is 109 cm³/mol. The normalized spacial score (nSPS) is 36.6. The molecule has 5 atom stereocenters. The Hall–Kier alpha value is -1.28. The molecule has 158 valence electrons. The second-order valence-corrected chi connectivity index (χ2v) is 11.4. The first-order valence-corrected chi connectivity index (χ1v) is 11.0. The van der Waals surface area contributed by atoms with Gasteiger partial charge in [0.05, 0.1) is 16.6 Å². The molecule has 3 fully saturated rings. The van der Waals surface area contributed by atoms with Gasteiger partial charge in [0, 0.05) is 30.5 Å². The topological polar surface area (TPSA) is 98.7 Å². The van der Waals surface area contributed by atoms with E-state index in [1.54, 1.807) is 23.7 Å². The van der Waals surface area contributed by atoms with Gasteiger partial charge in [-0.3, -0.25) is 14.4 Å². The van der Waals surface area contributed by atoms with E-state index < -0.39 is 28.2 Å². The number of nitrogens with one attached hydrogen (secondary N) is 2. The summed E-state index contributed by atoms with van der Waals surface area (Å²) >= 11 is 1.68. The number of hydrogen-bond donors (Lipinski definition) is 3. The summed E-state index contributed by atoms with van der Waals surface area (Å²) in [5.41, 5.74) is -0.406. The van der Waals surface area contributed by atoms with Crippen LogP contribution in [0.5, 0.6) is 0 Å². The van der Waals surface area contributed by atoms with Crippen LogP contribution in [-0.4, -0.2) is 69.0 Å². The van der Waals surface area contributed by atoms with Gasteiger partial charge in [0.15, 0.2) is 0 Å². The van der Waals surface area contributed by atoms with Crippen molar-refractivity contribution < 1.29 is 19.5 Å². The van der Waals surface area contributed by atoms with Crippen molar-refractivity contribution in [1.82, 2.24) is 15.5 Å². The summed E-state index contributed by atoms with van der Waals surface area (Å²) in [6, 6.07) is -0.579. The Bertz CT molecular complexity index is 679. The number of hydrogen-bond acceptors (Lipinski definition) is 5. The van der Waals surface area contributed by atoms with Gasteiger partial charge in [-0.25, -0.2) is 0 Å². The molecule has 2 unspecified atom stereocenters. The third-order valence-electron chi connectivity index (χ3n) is 6.36. The van der Waals surface area contributed by atoms with Crippen molar-refractivity contribution in [3.05, 3.63) is 0 Å². The zero-order valence-electron chi connectivity index (χ0n) is 17.5. The van der Waals surface area contributed by atoms with Crippen LogP contribution in [0.25, 0.3) is 0 Å². The van der Waals surface area contributed by atoms with E-state index in [0.717, 1.165) is 12.8 Å². The van der Waals surface area contributed by atoms with E-state index in [2.05, 4.69) is 17.6 Å². The van der Waals surface area contributed by atoms with Crippen molar-refractivity contribution in [2.75, 3.05) is 20.2 Å². The Morgan fingerprint density at radius 1 is 1.25 bits per heavy atom. The van der Waals surface area contributed by atoms with E-state index in [1.165, 1.54) is 0 Å². The number of aliphatic hydroxyl groups excluding tert-OH is 1. The van der Waals surface area contributed by atoms with E-state index >= 15 is 0 Å². The van der Waals surface area contributed by atoms with Crippen molar-refractivity contribution >= 4 is 29.5 Å². The molecule has 2 bridgehead atoms. The van der Waals surface area contributed by atoms with Crippen molar-refractivity contribution in [3.63, 3.8) is 0 Å². The van der Waals surface area contributed by atoms with Gasteiger partial charge in [-0.05, 0) is 53.4 Å². The molecule has 0 radical (unpaired) electrons. The molecular formula is C20H33N3O4S. The minimum Gasteiger partial charge on any atom is -0.396 e. The molecule has 1 spiro atoms. The number of nitrogens with zero attached hydrogens (tertiary/aromatic N) is 1. The predicted octanol–water partition coefficient (Wildman–Crippen LogP) is 0.901. The molecule has 3 aliphatic heterocycles. The van der Waals surface area contributed by atoms with Crippen LogP contribution in [0.3, 0.4) is 0 Å². The molecule has 3 aliphatic rings. The number of rotatable bonds is 6. The number of likely N-dealkylation sites (tertiary alicyclic amines) is 1. The summed E-state index contributed by atoms with van der Waals surface area (Å²) in [6.07, 6.45) is 2.80. The molecule has 3 rings (SSSR count). The van der Waals surface area contributed by atoms with Crippen LogP contribution in [-0.2, 0) is 14.4 Å². The maximum atomic E-state index is 13.5. The molecule has 0 aliphatic carbocycles. The molecular weight excluding hydrogens is 378 g/mol. The summed E-state index contributed by atoms with van der Waals surface area (Å²) in [4.78, 5) is 41.3. The van der Waals surface area contributed by atoms with Crippen LogP contribution in [0.1, 0.15) is 53.4 Å². The average molecular weight is 412 g/mol. The van der Waals surface area contributed by atoms with Crippen LogP contribution in [0, 0.1) is 11.8 Å². The van der Waals surface area contributed by atoms with Crippen LogP contribution in [0.2, 0.25) is 0 Å². The zero-order chi connectivity index (χ0) is 20.9. The van der Waals surface area contributed by atoms with Gasteiger partial charge in [0.2, 0.25) is 17.7 Å². The lowest BCUT2D eigenvalue weighted by Crippen LogP contribution is -2.57. The third-order valence-corrected chi connectivity index (χ3v) is 8.34. The Labute approximate surface area is 171 Å². The smallest absolute Gasteiger partial charge is 0.244 e. The Balaban J connectivity index is 2.01. The Morgan fingerprint density at radius 3 is 2.50 bits per heavy atom. The standard InChI is InChI=1S/C20H33N3O4S/c1-18(2,3)22-16(26)14-20-9-8-19(4,28-20)12(15(25)21-5)13(20)17(27)23(14)10-6-7-11-24/h12-14,24H,6-11H2,1-5H3,(H,21,25)(H,22,26)/t12-,13-,14?,19+,20?/m0/s1. The average Bonchev–Trinajstić information content (AvgIpc) is 3.14. The van der Waals surface area contributed by atoms with Gasteiger partial charge in [0.1, 0.15) is 6.04 Å². The fourth-order valence-electron chi connectivity index (χ4n) is 5.36. The van der Waals surface area contributed by atoms with Crippen LogP contribution < -0.4 is 10.6 Å². The Morgan fingerprint density at radius 2 is 1.93 bits per heavy atom. The van der Waals surface area contributed by atoms with Gasteiger partial charge in [0.25, 0.3) is 0 Å². The van der Waals surface area contributed by atoms with Gasteiger partial charge in [-0.1, -0.05) is 0 Å². The Kier molecular flexibility index (Phi) is 5.51. The number of unbranched alkanes of at least 4 members (excludes halogenated alkanes) is 1. The molecule has 3 saturated heterocycles. The first-order valence-electron chi connectivity index (χ1n) is 10.2. The quantitative estimate of drug-likeness (QED) is 0.564. The van der Waals surface area contributed by atoms with E-state index in [4.69, 9.17) is 5.11 Å². The van der Waals surface area contributed by atoms with Crippen molar-refractivity contribution in [1.29, 1.82) is 0 Å². The first kappa shape index (κ1) is 21.4. The van der Waals surface area contributed by atoms with E-state index in [-0.39, 0.29) is 29.1 Å². The summed E-state index contributed by atoms with van der Waals surface area (Å²) in [7, 11) is 1.61. The lowest BCUT2D eigenvalue weighted by atomic mass is 9.66. The minimum atomic E-state index is -0.579. The molecule has 0 saturated carbocycles. The van der Waals surface area contributed by atoms with Crippen molar-refractivity contribution in [2.45, 2.75) is 74.5 Å². The molecule has 0 aromatic heterocycles. The minimum absolute atomic E-state index is 0.0587. The molecule has 0 aromatic rings. The molecule has 3 amide bonds. The van der Waals surface area contributed by atoms with Crippen LogP contribution in [0.15, 0.2) is 0 Å². The first-order chi connectivity index (χ1) is 13.0. The lowest BCUT2D eigenvalue weighted by molar-refractivity contribution is -0.140. The number of thioether (sulfide) groups is 1. The van der Waals surface area contributed by atoms with E-state index in [0.29, 0.717) is 19.4 Å². The van der Waals surface area contributed by atoms with E-state index in [9.17, 15) is 14.4 Å². The molecule has 3 N–H and O–H groups in total. The van der Waals surface area contributed by atoms with Crippen molar-refractivity contribution in [3.8, 4) is 0 Å². The molecule has 7 nitrogen and oxygen atoms in total. The SMILES string of the molecule is CNC(=O)[C@@H]1[C@H]2C(=O)N(CCCCO)C(C(=O)NC(C)(C)C)C23CC[C@@]1(C)S3. The second-order valence-electron chi connectivity index (χ2n) is 9.54.